The molecule has 220 valence electrons. The first-order valence-electron chi connectivity index (χ1n) is 14.1. The third-order valence-electron chi connectivity index (χ3n) is 7.64. The Morgan fingerprint density at radius 3 is 2.23 bits per heavy atom. The van der Waals surface area contributed by atoms with Crippen molar-refractivity contribution in [3.8, 4) is 11.5 Å². The molecule has 2 aromatic carbocycles. The number of anilines is 1. The van der Waals surface area contributed by atoms with Crippen LogP contribution in [0.4, 0.5) is 11.4 Å². The third-order valence-corrected chi connectivity index (χ3v) is 7.64. The molecule has 0 spiro atoms. The monoisotopic (exact) mass is 554 g/mol. The fourth-order valence-corrected chi connectivity index (χ4v) is 5.22. The summed E-state index contributed by atoms with van der Waals surface area (Å²) in [6.45, 7) is 14.8. The van der Waals surface area contributed by atoms with Crippen molar-refractivity contribution in [2.75, 3.05) is 57.3 Å². The second-order valence-corrected chi connectivity index (χ2v) is 11.4. The van der Waals surface area contributed by atoms with Crippen LogP contribution in [0.1, 0.15) is 59.9 Å². The van der Waals surface area contributed by atoms with Crippen molar-refractivity contribution in [2.24, 2.45) is 0 Å². The molecule has 0 aromatic heterocycles. The van der Waals surface area contributed by atoms with E-state index in [-0.39, 0.29) is 36.3 Å². The number of benzene rings is 2. The van der Waals surface area contributed by atoms with Crippen molar-refractivity contribution < 1.29 is 19.2 Å². The first kappa shape index (κ1) is 31.2. The molecular formula is C31H46N4O5. The summed E-state index contributed by atoms with van der Waals surface area (Å²) in [5, 5.41) is 11.2. The third kappa shape index (κ3) is 8.10. The number of nitro benzene ring substituents is 1. The Morgan fingerprint density at radius 2 is 1.65 bits per heavy atom. The molecular weight excluding hydrogens is 508 g/mol. The van der Waals surface area contributed by atoms with Gasteiger partial charge in [0.15, 0.2) is 0 Å². The van der Waals surface area contributed by atoms with Gasteiger partial charge >= 0.3 is 5.69 Å². The fourth-order valence-electron chi connectivity index (χ4n) is 5.22. The van der Waals surface area contributed by atoms with Crippen LogP contribution < -0.4 is 14.4 Å². The van der Waals surface area contributed by atoms with Crippen LogP contribution in [0.25, 0.3) is 0 Å². The summed E-state index contributed by atoms with van der Waals surface area (Å²) < 4.78 is 11.5. The number of piperazine rings is 1. The average Bonchev–Trinajstić information content (AvgIpc) is 2.92. The van der Waals surface area contributed by atoms with Crippen LogP contribution >= 0.6 is 0 Å². The van der Waals surface area contributed by atoms with Gasteiger partial charge in [-0.3, -0.25) is 19.8 Å². The van der Waals surface area contributed by atoms with Crippen LogP contribution in [-0.2, 0) is 10.2 Å². The lowest BCUT2D eigenvalue weighted by Crippen LogP contribution is -2.48. The summed E-state index contributed by atoms with van der Waals surface area (Å²) in [7, 11) is 0. The van der Waals surface area contributed by atoms with E-state index in [9.17, 15) is 14.9 Å². The van der Waals surface area contributed by atoms with Gasteiger partial charge in [0.1, 0.15) is 11.9 Å². The minimum atomic E-state index is -0.454. The number of amides is 1. The highest BCUT2D eigenvalue weighted by Crippen LogP contribution is 2.32. The van der Waals surface area contributed by atoms with Crippen molar-refractivity contribution in [3.05, 3.63) is 58.1 Å². The lowest BCUT2D eigenvalue weighted by Gasteiger charge is -2.37. The van der Waals surface area contributed by atoms with Gasteiger partial charge in [-0.2, -0.15) is 0 Å². The molecule has 2 aliphatic rings. The molecule has 0 saturated carbocycles. The first-order valence-corrected chi connectivity index (χ1v) is 14.1. The van der Waals surface area contributed by atoms with E-state index < -0.39 is 4.92 Å². The number of hydrogen-bond donors (Lipinski definition) is 0. The van der Waals surface area contributed by atoms with E-state index >= 15 is 0 Å². The van der Waals surface area contributed by atoms with Gasteiger partial charge in [0, 0.05) is 82.9 Å². The minimum Gasteiger partial charge on any atom is -0.490 e. The molecule has 0 unspecified atom stereocenters. The van der Waals surface area contributed by atoms with Gasteiger partial charge in [-0.05, 0) is 36.1 Å². The van der Waals surface area contributed by atoms with Crippen LogP contribution in [0.15, 0.2) is 42.5 Å². The zero-order chi connectivity index (χ0) is 28.0. The zero-order valence-electron chi connectivity index (χ0n) is 23.7. The van der Waals surface area contributed by atoms with Gasteiger partial charge in [0.05, 0.1) is 11.5 Å². The molecule has 0 N–H and O–H groups in total. The molecule has 2 heterocycles. The van der Waals surface area contributed by atoms with Crippen molar-refractivity contribution in [1.82, 2.24) is 9.80 Å². The molecule has 0 aliphatic carbocycles. The zero-order valence-corrected chi connectivity index (χ0v) is 23.7. The predicted molar refractivity (Wildman–Crippen MR) is 160 cm³/mol. The van der Waals surface area contributed by atoms with E-state index in [1.54, 1.807) is 19.1 Å². The van der Waals surface area contributed by atoms with Crippen LogP contribution in [0.3, 0.4) is 0 Å². The standard InChI is InChI=1S/C30H42N4O5.CH4/c1-5-38-28-22-26(10-11-27(28)34(36)37)39-25-12-16-33(17-13-25)29(35)14-15-31-18-20-32(21-19-31)24-8-6-23(7-9-24)30(2,3)4;/h6-11,22,25H,5,12-21H2,1-4H3;1H4. The molecule has 0 radical (unpaired) electrons. The molecule has 2 aliphatic heterocycles. The molecule has 40 heavy (non-hydrogen) atoms. The summed E-state index contributed by atoms with van der Waals surface area (Å²) >= 11 is 0. The van der Waals surface area contributed by atoms with Crippen molar-refractivity contribution in [2.45, 2.75) is 65.9 Å². The van der Waals surface area contributed by atoms with E-state index in [0.717, 1.165) is 45.6 Å². The molecule has 2 fully saturated rings. The fraction of sp³-hybridized carbons (Fsp3) is 0.581. The Hall–Kier alpha value is -3.33. The predicted octanol–water partition coefficient (Wildman–Crippen LogP) is 5.51. The van der Waals surface area contributed by atoms with Crippen molar-refractivity contribution in [3.63, 3.8) is 0 Å². The number of rotatable bonds is 9. The van der Waals surface area contributed by atoms with Crippen molar-refractivity contribution in [1.29, 1.82) is 0 Å². The Bertz CT molecular complexity index is 1120. The lowest BCUT2D eigenvalue weighted by atomic mass is 9.87. The second kappa shape index (κ2) is 13.8. The molecule has 2 saturated heterocycles. The van der Waals surface area contributed by atoms with E-state index in [1.807, 2.05) is 4.90 Å². The summed E-state index contributed by atoms with van der Waals surface area (Å²) in [5.41, 5.74) is 2.71. The van der Waals surface area contributed by atoms with E-state index in [4.69, 9.17) is 9.47 Å². The number of hydrogen-bond acceptors (Lipinski definition) is 7. The largest absolute Gasteiger partial charge is 0.490 e. The summed E-state index contributed by atoms with van der Waals surface area (Å²) in [4.78, 5) is 30.4. The molecule has 9 heteroatoms. The molecule has 4 rings (SSSR count). The molecule has 2 aromatic rings. The highest BCUT2D eigenvalue weighted by molar-refractivity contribution is 5.76. The van der Waals surface area contributed by atoms with Gasteiger partial charge in [-0.25, -0.2) is 0 Å². The maximum atomic E-state index is 12.9. The van der Waals surface area contributed by atoms with Gasteiger partial charge in [-0.1, -0.05) is 40.3 Å². The van der Waals surface area contributed by atoms with Crippen LogP contribution in [0.5, 0.6) is 11.5 Å². The number of ether oxygens (including phenoxy) is 2. The molecule has 1 amide bonds. The van der Waals surface area contributed by atoms with Crippen LogP contribution in [-0.4, -0.2) is 79.2 Å². The van der Waals surface area contributed by atoms with Crippen LogP contribution in [0.2, 0.25) is 0 Å². The Kier molecular flexibility index (Phi) is 10.8. The van der Waals surface area contributed by atoms with Crippen LogP contribution in [0, 0.1) is 10.1 Å². The quantitative estimate of drug-likeness (QED) is 0.298. The second-order valence-electron chi connectivity index (χ2n) is 11.4. The lowest BCUT2D eigenvalue weighted by molar-refractivity contribution is -0.385. The Balaban J connectivity index is 0.00000441. The number of nitro groups is 1. The first-order chi connectivity index (χ1) is 18.6. The highest BCUT2D eigenvalue weighted by atomic mass is 16.6. The Labute approximate surface area is 239 Å². The Morgan fingerprint density at radius 1 is 1.00 bits per heavy atom. The maximum absolute atomic E-state index is 12.9. The number of piperidine rings is 1. The summed E-state index contributed by atoms with van der Waals surface area (Å²) in [6.07, 6.45) is 1.97. The highest BCUT2D eigenvalue weighted by Gasteiger charge is 2.26. The van der Waals surface area contributed by atoms with Crippen molar-refractivity contribution >= 4 is 17.3 Å². The van der Waals surface area contributed by atoms with E-state index in [1.165, 1.54) is 17.3 Å². The normalized spacial score (nSPS) is 16.8. The van der Waals surface area contributed by atoms with Gasteiger partial charge < -0.3 is 19.3 Å². The SMILES string of the molecule is C.CCOc1cc(OC2CCN(C(=O)CCN3CCN(c4ccc(C(C)(C)C)cc4)CC3)CC2)ccc1[N+](=O)[O-]. The topological polar surface area (TPSA) is 88.4 Å². The van der Waals surface area contributed by atoms with E-state index in [2.05, 4.69) is 54.8 Å². The average molecular weight is 555 g/mol. The summed E-state index contributed by atoms with van der Waals surface area (Å²) in [5.74, 6) is 0.965. The number of carbonyl (C=O) groups excluding carboxylic acids is 1. The molecule has 9 nitrogen and oxygen atoms in total. The minimum absolute atomic E-state index is 0. The maximum Gasteiger partial charge on any atom is 0.311 e. The number of carbonyl (C=O) groups is 1. The summed E-state index contributed by atoms with van der Waals surface area (Å²) in [6, 6.07) is 13.5. The van der Waals surface area contributed by atoms with Gasteiger partial charge in [0.25, 0.3) is 0 Å². The molecule has 0 atom stereocenters. The van der Waals surface area contributed by atoms with E-state index in [0.29, 0.717) is 31.9 Å². The van der Waals surface area contributed by atoms with Gasteiger partial charge in [0.2, 0.25) is 11.7 Å². The smallest absolute Gasteiger partial charge is 0.311 e. The van der Waals surface area contributed by atoms with Gasteiger partial charge in [-0.15, -0.1) is 0 Å². The molecule has 0 bridgehead atoms. The number of likely N-dealkylation sites (tertiary alicyclic amines) is 1. The number of nitrogens with zero attached hydrogens (tertiary/aromatic N) is 4.